The van der Waals surface area contributed by atoms with E-state index in [1.807, 2.05) is 0 Å². The van der Waals surface area contributed by atoms with E-state index in [0.29, 0.717) is 0 Å². The van der Waals surface area contributed by atoms with Crippen molar-refractivity contribution in [1.29, 1.82) is 0 Å². The molecule has 0 aromatic heterocycles. The van der Waals surface area contributed by atoms with Crippen molar-refractivity contribution in [2.75, 3.05) is 13.3 Å². The van der Waals surface area contributed by atoms with E-state index in [1.165, 1.54) is 18.2 Å². The monoisotopic (exact) mass is 325 g/mol. The van der Waals surface area contributed by atoms with E-state index in [0.717, 1.165) is 4.31 Å². The highest BCUT2D eigenvalue weighted by Gasteiger charge is 2.40. The lowest BCUT2D eigenvalue weighted by atomic mass is 10.3. The molecule has 2 rings (SSSR count). The summed E-state index contributed by atoms with van der Waals surface area (Å²) in [5, 5.41) is 9.27. The van der Waals surface area contributed by atoms with Crippen LogP contribution in [0.1, 0.15) is 0 Å². The van der Waals surface area contributed by atoms with Gasteiger partial charge in [0.2, 0.25) is 10.0 Å². The van der Waals surface area contributed by atoms with Gasteiger partial charge in [0.05, 0.1) is 11.5 Å². The second-order valence-electron chi connectivity index (χ2n) is 3.85. The van der Waals surface area contributed by atoms with Gasteiger partial charge < -0.3 is 9.84 Å². The molecule has 1 N–H and O–H groups in total. The first kappa shape index (κ1) is 14.5. The van der Waals surface area contributed by atoms with E-state index in [2.05, 4.69) is 0 Å². The SMILES string of the molecule is O=C(O)[C@@H]1COCN1S(=O)(=O)c1cc(Cl)cc(Cl)c1. The summed E-state index contributed by atoms with van der Waals surface area (Å²) in [5.41, 5.74) is 0. The summed E-state index contributed by atoms with van der Waals surface area (Å²) in [5.74, 6) is -1.27. The molecule has 1 fully saturated rings. The van der Waals surface area contributed by atoms with Crippen LogP contribution in [0.3, 0.4) is 0 Å². The van der Waals surface area contributed by atoms with Crippen molar-refractivity contribution in [2.45, 2.75) is 10.9 Å². The summed E-state index contributed by atoms with van der Waals surface area (Å²) in [6, 6.07) is 2.56. The molecule has 9 heteroatoms. The van der Waals surface area contributed by atoms with Crippen LogP contribution in [0.5, 0.6) is 0 Å². The predicted octanol–water partition coefficient (Wildman–Crippen LogP) is 1.43. The molecule has 0 amide bonds. The Labute approximate surface area is 119 Å². The standard InChI is InChI=1S/C10H9Cl2NO5S/c11-6-1-7(12)3-8(2-6)19(16,17)13-5-18-4-9(13)10(14)15/h1-3,9H,4-5H2,(H,14,15)/t9-/m0/s1. The number of sulfonamides is 1. The fraction of sp³-hybridized carbons (Fsp3) is 0.300. The fourth-order valence-electron chi connectivity index (χ4n) is 1.67. The van der Waals surface area contributed by atoms with Gasteiger partial charge in [-0.15, -0.1) is 0 Å². The van der Waals surface area contributed by atoms with Gasteiger partial charge in [0.25, 0.3) is 0 Å². The van der Waals surface area contributed by atoms with E-state index < -0.39 is 22.0 Å². The number of rotatable bonds is 3. The highest BCUT2D eigenvalue weighted by molar-refractivity contribution is 7.89. The minimum Gasteiger partial charge on any atom is -0.480 e. The van der Waals surface area contributed by atoms with Crippen LogP contribution in [0.2, 0.25) is 10.0 Å². The Bertz CT molecular complexity index is 598. The molecule has 1 atom stereocenters. The Morgan fingerprint density at radius 2 is 1.89 bits per heavy atom. The smallest absolute Gasteiger partial charge is 0.324 e. The van der Waals surface area contributed by atoms with Gasteiger partial charge in [0, 0.05) is 10.0 Å². The summed E-state index contributed by atoms with van der Waals surface area (Å²) in [6.07, 6.45) is 0. The number of ether oxygens (including phenoxy) is 1. The van der Waals surface area contributed by atoms with Crippen molar-refractivity contribution < 1.29 is 23.1 Å². The number of nitrogens with zero attached hydrogens (tertiary/aromatic N) is 1. The zero-order valence-electron chi connectivity index (χ0n) is 9.42. The quantitative estimate of drug-likeness (QED) is 0.908. The second-order valence-corrected chi connectivity index (χ2v) is 6.61. The molecule has 1 saturated heterocycles. The summed E-state index contributed by atoms with van der Waals surface area (Å²) in [7, 11) is -4.02. The highest BCUT2D eigenvalue weighted by atomic mass is 35.5. The molecule has 19 heavy (non-hydrogen) atoms. The van der Waals surface area contributed by atoms with Gasteiger partial charge in [-0.05, 0) is 18.2 Å². The summed E-state index contributed by atoms with van der Waals surface area (Å²) in [6.45, 7) is -0.508. The third-order valence-electron chi connectivity index (χ3n) is 2.57. The van der Waals surface area contributed by atoms with E-state index >= 15 is 0 Å². The van der Waals surface area contributed by atoms with Crippen LogP contribution in [0, 0.1) is 0 Å². The van der Waals surface area contributed by atoms with Crippen molar-refractivity contribution in [1.82, 2.24) is 4.31 Å². The first-order chi connectivity index (χ1) is 8.82. The largest absolute Gasteiger partial charge is 0.480 e. The van der Waals surface area contributed by atoms with Gasteiger partial charge in [-0.1, -0.05) is 23.2 Å². The number of carbonyl (C=O) groups is 1. The Kier molecular flexibility index (Phi) is 4.03. The number of hydrogen-bond acceptors (Lipinski definition) is 4. The summed E-state index contributed by atoms with van der Waals surface area (Å²) >= 11 is 11.5. The third-order valence-corrected chi connectivity index (χ3v) is 4.81. The zero-order valence-corrected chi connectivity index (χ0v) is 11.7. The summed E-state index contributed by atoms with van der Waals surface area (Å²) < 4.78 is 30.3. The van der Waals surface area contributed by atoms with Crippen molar-refractivity contribution in [3.05, 3.63) is 28.2 Å². The molecule has 1 heterocycles. The Morgan fingerprint density at radius 3 is 2.42 bits per heavy atom. The van der Waals surface area contributed by atoms with E-state index in [4.69, 9.17) is 33.0 Å². The van der Waals surface area contributed by atoms with Crippen LogP contribution >= 0.6 is 23.2 Å². The Hall–Kier alpha value is -0.860. The molecule has 1 aromatic carbocycles. The van der Waals surface area contributed by atoms with Gasteiger partial charge in [-0.3, -0.25) is 4.79 Å². The minimum atomic E-state index is -4.02. The van der Waals surface area contributed by atoms with Crippen molar-refractivity contribution >= 4 is 39.2 Å². The number of carboxylic acids is 1. The maximum Gasteiger partial charge on any atom is 0.324 e. The zero-order chi connectivity index (χ0) is 14.2. The summed E-state index contributed by atoms with van der Waals surface area (Å²) in [4.78, 5) is 10.8. The number of benzene rings is 1. The van der Waals surface area contributed by atoms with Crippen LogP contribution in [0.25, 0.3) is 0 Å². The van der Waals surface area contributed by atoms with Gasteiger partial charge in [-0.25, -0.2) is 8.42 Å². The van der Waals surface area contributed by atoms with E-state index in [1.54, 1.807) is 0 Å². The predicted molar refractivity (Wildman–Crippen MR) is 67.7 cm³/mol. The second kappa shape index (κ2) is 5.26. The average molecular weight is 326 g/mol. The molecule has 0 saturated carbocycles. The molecule has 0 bridgehead atoms. The molecule has 0 unspecified atom stereocenters. The molecule has 0 spiro atoms. The molecule has 1 aliphatic heterocycles. The maximum absolute atomic E-state index is 12.3. The Morgan fingerprint density at radius 1 is 1.32 bits per heavy atom. The van der Waals surface area contributed by atoms with Crippen LogP contribution < -0.4 is 0 Å². The topological polar surface area (TPSA) is 83.9 Å². The lowest BCUT2D eigenvalue weighted by Gasteiger charge is -2.19. The molecule has 6 nitrogen and oxygen atoms in total. The molecule has 1 aromatic rings. The third kappa shape index (κ3) is 2.85. The van der Waals surface area contributed by atoms with Crippen molar-refractivity contribution in [3.8, 4) is 0 Å². The normalized spacial score (nSPS) is 20.6. The number of halogens is 2. The lowest BCUT2D eigenvalue weighted by molar-refractivity contribution is -0.140. The van der Waals surface area contributed by atoms with Crippen LogP contribution in [0.4, 0.5) is 0 Å². The van der Waals surface area contributed by atoms with Crippen molar-refractivity contribution in [3.63, 3.8) is 0 Å². The molecule has 0 aliphatic carbocycles. The van der Waals surface area contributed by atoms with E-state index in [-0.39, 0.29) is 28.3 Å². The number of aliphatic carboxylic acids is 1. The highest BCUT2D eigenvalue weighted by Crippen LogP contribution is 2.27. The first-order valence-electron chi connectivity index (χ1n) is 5.11. The molecule has 104 valence electrons. The molecule has 0 radical (unpaired) electrons. The van der Waals surface area contributed by atoms with Gasteiger partial charge in [0.15, 0.2) is 0 Å². The van der Waals surface area contributed by atoms with E-state index in [9.17, 15) is 13.2 Å². The molecule has 1 aliphatic rings. The van der Waals surface area contributed by atoms with Gasteiger partial charge >= 0.3 is 5.97 Å². The number of carboxylic acid groups (broad SMARTS) is 1. The fourth-order valence-corrected chi connectivity index (χ4v) is 3.85. The maximum atomic E-state index is 12.3. The number of hydrogen-bond donors (Lipinski definition) is 1. The average Bonchev–Trinajstić information content (AvgIpc) is 2.76. The van der Waals surface area contributed by atoms with Gasteiger partial charge in [0.1, 0.15) is 12.8 Å². The molecular weight excluding hydrogens is 317 g/mol. The molecular formula is C10H9Cl2NO5S. The van der Waals surface area contributed by atoms with Crippen LogP contribution in [-0.2, 0) is 19.6 Å². The minimum absolute atomic E-state index is 0.151. The van der Waals surface area contributed by atoms with Crippen molar-refractivity contribution in [2.24, 2.45) is 0 Å². The van der Waals surface area contributed by atoms with Crippen LogP contribution in [0.15, 0.2) is 23.1 Å². The first-order valence-corrected chi connectivity index (χ1v) is 7.30. The Balaban J connectivity index is 2.44. The van der Waals surface area contributed by atoms with Gasteiger partial charge in [-0.2, -0.15) is 4.31 Å². The lowest BCUT2D eigenvalue weighted by Crippen LogP contribution is -2.41. The van der Waals surface area contributed by atoms with Crippen LogP contribution in [-0.4, -0.2) is 43.2 Å².